The molecule has 0 radical (unpaired) electrons. The lowest BCUT2D eigenvalue weighted by molar-refractivity contribution is 0.286. The SMILES string of the molecule is CC(C)CCOc1cccc(Cl)c1CC(C)N. The van der Waals surface area contributed by atoms with Gasteiger partial charge in [0.2, 0.25) is 0 Å². The van der Waals surface area contributed by atoms with Gasteiger partial charge < -0.3 is 10.5 Å². The van der Waals surface area contributed by atoms with Gasteiger partial charge in [0.15, 0.2) is 0 Å². The van der Waals surface area contributed by atoms with Crippen molar-refractivity contribution in [3.63, 3.8) is 0 Å². The number of hydrogen-bond donors (Lipinski definition) is 1. The van der Waals surface area contributed by atoms with Gasteiger partial charge in [0, 0.05) is 16.6 Å². The Morgan fingerprint density at radius 1 is 1.29 bits per heavy atom. The zero-order chi connectivity index (χ0) is 12.8. The van der Waals surface area contributed by atoms with Crippen molar-refractivity contribution in [2.45, 2.75) is 39.7 Å². The van der Waals surface area contributed by atoms with Gasteiger partial charge >= 0.3 is 0 Å². The highest BCUT2D eigenvalue weighted by atomic mass is 35.5. The van der Waals surface area contributed by atoms with Gasteiger partial charge in [0.25, 0.3) is 0 Å². The zero-order valence-electron chi connectivity index (χ0n) is 10.9. The molecule has 3 heteroatoms. The van der Waals surface area contributed by atoms with Gasteiger partial charge in [0.1, 0.15) is 5.75 Å². The van der Waals surface area contributed by atoms with Crippen molar-refractivity contribution in [2.24, 2.45) is 11.7 Å². The summed E-state index contributed by atoms with van der Waals surface area (Å²) in [6.07, 6.45) is 1.79. The molecule has 1 unspecified atom stereocenters. The molecule has 0 heterocycles. The molecule has 0 aliphatic rings. The molecule has 0 aliphatic carbocycles. The van der Waals surface area contributed by atoms with Crippen molar-refractivity contribution in [2.75, 3.05) is 6.61 Å². The van der Waals surface area contributed by atoms with Crippen LogP contribution in [0.5, 0.6) is 5.75 Å². The first-order valence-electron chi connectivity index (χ1n) is 6.16. The van der Waals surface area contributed by atoms with Crippen LogP contribution < -0.4 is 10.5 Å². The monoisotopic (exact) mass is 255 g/mol. The Morgan fingerprint density at radius 3 is 2.59 bits per heavy atom. The number of ether oxygens (including phenoxy) is 1. The van der Waals surface area contributed by atoms with Gasteiger partial charge in [-0.05, 0) is 37.8 Å². The topological polar surface area (TPSA) is 35.2 Å². The number of hydrogen-bond acceptors (Lipinski definition) is 2. The molecule has 1 aromatic rings. The quantitative estimate of drug-likeness (QED) is 0.842. The normalized spacial score (nSPS) is 12.8. The molecule has 0 aliphatic heterocycles. The van der Waals surface area contributed by atoms with Crippen molar-refractivity contribution in [1.82, 2.24) is 0 Å². The van der Waals surface area contributed by atoms with Crippen LogP contribution >= 0.6 is 11.6 Å². The fourth-order valence-electron chi connectivity index (χ4n) is 1.60. The van der Waals surface area contributed by atoms with E-state index in [1.807, 2.05) is 25.1 Å². The lowest BCUT2D eigenvalue weighted by Gasteiger charge is -2.15. The molecule has 1 atom stereocenters. The van der Waals surface area contributed by atoms with Gasteiger partial charge in [0.05, 0.1) is 6.61 Å². The zero-order valence-corrected chi connectivity index (χ0v) is 11.6. The summed E-state index contributed by atoms with van der Waals surface area (Å²) < 4.78 is 5.79. The van der Waals surface area contributed by atoms with E-state index in [4.69, 9.17) is 22.1 Å². The Morgan fingerprint density at radius 2 is 2.00 bits per heavy atom. The van der Waals surface area contributed by atoms with Gasteiger partial charge in [-0.15, -0.1) is 0 Å². The van der Waals surface area contributed by atoms with Crippen molar-refractivity contribution in [1.29, 1.82) is 0 Å². The third-order valence-corrected chi connectivity index (χ3v) is 2.91. The summed E-state index contributed by atoms with van der Waals surface area (Å²) >= 11 is 6.18. The van der Waals surface area contributed by atoms with E-state index in [-0.39, 0.29) is 6.04 Å². The van der Waals surface area contributed by atoms with Crippen LogP contribution in [-0.2, 0) is 6.42 Å². The van der Waals surface area contributed by atoms with Crippen LogP contribution in [0.25, 0.3) is 0 Å². The minimum atomic E-state index is 0.0855. The van der Waals surface area contributed by atoms with E-state index >= 15 is 0 Å². The molecule has 1 rings (SSSR count). The van der Waals surface area contributed by atoms with Crippen LogP contribution in [0.15, 0.2) is 18.2 Å². The standard InChI is InChI=1S/C14H22ClNO/c1-10(2)7-8-17-14-6-4-5-13(15)12(14)9-11(3)16/h4-6,10-11H,7-9,16H2,1-3H3. The highest BCUT2D eigenvalue weighted by molar-refractivity contribution is 6.31. The number of rotatable bonds is 6. The Labute approximate surface area is 109 Å². The lowest BCUT2D eigenvalue weighted by Crippen LogP contribution is -2.18. The molecule has 0 bridgehead atoms. The molecule has 0 saturated heterocycles. The first kappa shape index (κ1) is 14.3. The van der Waals surface area contributed by atoms with Crippen molar-refractivity contribution >= 4 is 11.6 Å². The summed E-state index contributed by atoms with van der Waals surface area (Å²) in [4.78, 5) is 0. The van der Waals surface area contributed by atoms with Gasteiger partial charge in [-0.1, -0.05) is 31.5 Å². The molecule has 0 spiro atoms. The second-order valence-corrected chi connectivity index (χ2v) is 5.34. The number of benzene rings is 1. The Hall–Kier alpha value is -0.730. The maximum absolute atomic E-state index is 6.18. The molecule has 0 fully saturated rings. The molecule has 17 heavy (non-hydrogen) atoms. The van der Waals surface area contributed by atoms with Gasteiger partial charge in [-0.2, -0.15) is 0 Å². The number of nitrogens with two attached hydrogens (primary N) is 1. The van der Waals surface area contributed by atoms with E-state index < -0.39 is 0 Å². The van der Waals surface area contributed by atoms with Crippen molar-refractivity contribution < 1.29 is 4.74 Å². The summed E-state index contributed by atoms with van der Waals surface area (Å²) in [5.74, 6) is 1.52. The van der Waals surface area contributed by atoms with E-state index in [1.165, 1.54) is 0 Å². The van der Waals surface area contributed by atoms with Crippen molar-refractivity contribution in [3.05, 3.63) is 28.8 Å². The lowest BCUT2D eigenvalue weighted by atomic mass is 10.1. The van der Waals surface area contributed by atoms with Crippen LogP contribution in [0.3, 0.4) is 0 Å². The average molecular weight is 256 g/mol. The van der Waals surface area contributed by atoms with Crippen LogP contribution in [0.2, 0.25) is 5.02 Å². The van der Waals surface area contributed by atoms with E-state index in [0.29, 0.717) is 5.92 Å². The molecule has 2 N–H and O–H groups in total. The largest absolute Gasteiger partial charge is 0.493 e. The molecule has 0 amide bonds. The Kier molecular flexibility index (Phi) is 5.79. The second kappa shape index (κ2) is 6.87. The first-order chi connectivity index (χ1) is 8.00. The van der Waals surface area contributed by atoms with E-state index in [9.17, 15) is 0 Å². The summed E-state index contributed by atoms with van der Waals surface area (Å²) in [6, 6.07) is 5.85. The third kappa shape index (κ3) is 4.97. The smallest absolute Gasteiger partial charge is 0.124 e. The molecule has 1 aromatic carbocycles. The number of halogens is 1. The summed E-state index contributed by atoms with van der Waals surface area (Å²) in [6.45, 7) is 7.07. The molecule has 96 valence electrons. The fraction of sp³-hybridized carbons (Fsp3) is 0.571. The molecule has 2 nitrogen and oxygen atoms in total. The summed E-state index contributed by atoms with van der Waals surface area (Å²) in [7, 11) is 0. The second-order valence-electron chi connectivity index (χ2n) is 4.93. The minimum Gasteiger partial charge on any atom is -0.493 e. The molecule has 0 saturated carbocycles. The molecular weight excluding hydrogens is 234 g/mol. The first-order valence-corrected chi connectivity index (χ1v) is 6.54. The molecular formula is C14H22ClNO. The predicted octanol–water partition coefficient (Wildman–Crippen LogP) is 3.65. The van der Waals surface area contributed by atoms with Gasteiger partial charge in [-0.25, -0.2) is 0 Å². The van der Waals surface area contributed by atoms with E-state index in [0.717, 1.165) is 35.8 Å². The molecule has 0 aromatic heterocycles. The highest BCUT2D eigenvalue weighted by Crippen LogP contribution is 2.27. The summed E-state index contributed by atoms with van der Waals surface area (Å²) in [5.41, 5.74) is 6.85. The van der Waals surface area contributed by atoms with Crippen LogP contribution in [-0.4, -0.2) is 12.6 Å². The maximum Gasteiger partial charge on any atom is 0.124 e. The van der Waals surface area contributed by atoms with E-state index in [1.54, 1.807) is 0 Å². The van der Waals surface area contributed by atoms with Crippen LogP contribution in [0.1, 0.15) is 32.8 Å². The minimum absolute atomic E-state index is 0.0855. The van der Waals surface area contributed by atoms with Crippen LogP contribution in [0, 0.1) is 5.92 Å². The van der Waals surface area contributed by atoms with Gasteiger partial charge in [-0.3, -0.25) is 0 Å². The fourth-order valence-corrected chi connectivity index (χ4v) is 1.84. The maximum atomic E-state index is 6.18. The Bertz CT molecular complexity index is 350. The van der Waals surface area contributed by atoms with Crippen LogP contribution in [0.4, 0.5) is 0 Å². The summed E-state index contributed by atoms with van der Waals surface area (Å²) in [5, 5.41) is 0.740. The van der Waals surface area contributed by atoms with Crippen molar-refractivity contribution in [3.8, 4) is 5.75 Å². The average Bonchev–Trinajstić information content (AvgIpc) is 2.22. The third-order valence-electron chi connectivity index (χ3n) is 2.55. The Balaban J connectivity index is 2.72. The predicted molar refractivity (Wildman–Crippen MR) is 73.8 cm³/mol. The van der Waals surface area contributed by atoms with E-state index in [2.05, 4.69) is 13.8 Å². The highest BCUT2D eigenvalue weighted by Gasteiger charge is 2.10.